The number of nitrogens with zero attached hydrogens (tertiary/aromatic N) is 6. The van der Waals surface area contributed by atoms with Gasteiger partial charge in [-0.15, -0.1) is 0 Å². The van der Waals surface area contributed by atoms with E-state index in [0.717, 1.165) is 0 Å². The second-order valence-corrected chi connectivity index (χ2v) is 11.9. The second-order valence-electron chi connectivity index (χ2n) is 11.9. The number of halogens is 17. The van der Waals surface area contributed by atoms with Crippen LogP contribution in [0.4, 0.5) is 86.3 Å². The van der Waals surface area contributed by atoms with E-state index < -0.39 is 179 Å². The normalized spacial score (nSPS) is 14.3. The van der Waals surface area contributed by atoms with Crippen LogP contribution in [0.15, 0.2) is 20.0 Å². The fraction of sp³-hybridized carbons (Fsp3) is 0.0625. The second kappa shape index (κ2) is 12.3. The zero-order chi connectivity index (χ0) is 41.6. The lowest BCUT2D eigenvalue weighted by Gasteiger charge is -2.23. The lowest BCUT2D eigenvalue weighted by molar-refractivity contribution is 0.344. The predicted molar refractivity (Wildman–Crippen MR) is 160 cm³/mol. The van der Waals surface area contributed by atoms with Crippen LogP contribution in [0.25, 0.3) is 21.5 Å². The Morgan fingerprint density at radius 1 is 0.421 bits per heavy atom. The number of benzene rings is 4. The Labute approximate surface area is 301 Å². The van der Waals surface area contributed by atoms with E-state index in [4.69, 9.17) is 4.65 Å². The third-order valence-electron chi connectivity index (χ3n) is 8.94. The van der Waals surface area contributed by atoms with Crippen molar-refractivity contribution in [2.45, 2.75) is 6.92 Å². The fourth-order valence-electron chi connectivity index (χ4n) is 6.47. The Morgan fingerprint density at radius 3 is 1.26 bits per heavy atom. The lowest BCUT2D eigenvalue weighted by Crippen LogP contribution is -2.52. The van der Waals surface area contributed by atoms with Crippen molar-refractivity contribution in [1.82, 2.24) is 8.96 Å². The Hall–Kier alpha value is -6.43. The molecular weight excluding hydrogens is 818 g/mol. The van der Waals surface area contributed by atoms with Crippen LogP contribution in [0.5, 0.6) is 5.75 Å². The molecule has 0 unspecified atom stereocenters. The summed E-state index contributed by atoms with van der Waals surface area (Å²) < 4.78 is 263. The first-order chi connectivity index (χ1) is 26.8. The van der Waals surface area contributed by atoms with Gasteiger partial charge in [0.1, 0.15) is 22.6 Å². The van der Waals surface area contributed by atoms with E-state index in [1.807, 2.05) is 0 Å². The molecule has 0 radical (unpaired) electrons. The van der Waals surface area contributed by atoms with Crippen LogP contribution in [0.2, 0.25) is 0 Å². The van der Waals surface area contributed by atoms with Gasteiger partial charge in [-0.25, -0.2) is 80.8 Å². The van der Waals surface area contributed by atoms with Crippen molar-refractivity contribution in [2.75, 3.05) is 7.05 Å². The van der Waals surface area contributed by atoms with Crippen molar-refractivity contribution < 1.29 is 79.3 Å². The number of amidine groups is 1. The highest BCUT2D eigenvalue weighted by molar-refractivity contribution is 6.52. The first kappa shape index (κ1) is 37.5. The van der Waals surface area contributed by atoms with Crippen molar-refractivity contribution in [1.29, 1.82) is 0 Å². The van der Waals surface area contributed by atoms with Crippen molar-refractivity contribution in [3.63, 3.8) is 0 Å². The quantitative estimate of drug-likeness (QED) is 0.0761. The summed E-state index contributed by atoms with van der Waals surface area (Å²) in [5.74, 6) is -50.8. The van der Waals surface area contributed by atoms with Crippen molar-refractivity contribution in [3.05, 3.63) is 121 Å². The predicted octanol–water partition coefficient (Wildman–Crippen LogP) is 7.84. The van der Waals surface area contributed by atoms with Crippen LogP contribution in [-0.2, 0) is 0 Å². The van der Waals surface area contributed by atoms with E-state index in [-0.39, 0.29) is 8.96 Å². The average Bonchev–Trinajstić information content (AvgIpc) is 3.68. The van der Waals surface area contributed by atoms with Crippen molar-refractivity contribution >= 4 is 51.9 Å². The van der Waals surface area contributed by atoms with E-state index in [9.17, 15) is 39.5 Å². The number of aromatic nitrogens is 2. The molecule has 7 nitrogen and oxygen atoms in total. The van der Waals surface area contributed by atoms with Gasteiger partial charge in [0.2, 0.25) is 29.1 Å². The first-order valence-electron chi connectivity index (χ1n) is 15.1. The van der Waals surface area contributed by atoms with Gasteiger partial charge in [-0.3, -0.25) is 13.9 Å². The largest absolute Gasteiger partial charge is 0.633 e. The molecule has 0 saturated carbocycles. The molecule has 25 heteroatoms. The monoisotopic (exact) mass is 824 g/mol. The van der Waals surface area contributed by atoms with Gasteiger partial charge >= 0.3 is 7.19 Å². The molecular formula is C32H6BF17N6O. The summed E-state index contributed by atoms with van der Waals surface area (Å²) in [6.07, 6.45) is 0. The molecule has 0 spiro atoms. The molecule has 2 aliphatic heterocycles. The summed E-state index contributed by atoms with van der Waals surface area (Å²) in [6.45, 7) is 0.609. The molecule has 0 amide bonds. The van der Waals surface area contributed by atoms with Crippen LogP contribution in [0.1, 0.15) is 18.1 Å². The molecule has 2 bridgehead atoms. The molecule has 57 heavy (non-hydrogen) atoms. The highest BCUT2D eigenvalue weighted by Gasteiger charge is 2.45. The third kappa shape index (κ3) is 4.64. The fourth-order valence-corrected chi connectivity index (χ4v) is 6.47. The smallest absolute Gasteiger partial charge is 0.518 e. The first-order valence-corrected chi connectivity index (χ1v) is 15.1. The van der Waals surface area contributed by atoms with E-state index in [1.54, 1.807) is 0 Å². The maximum absolute atomic E-state index is 15.9. The Balaban J connectivity index is 1.74. The van der Waals surface area contributed by atoms with Gasteiger partial charge in [0, 0.05) is 12.6 Å². The van der Waals surface area contributed by atoms with Crippen molar-refractivity contribution in [3.8, 4) is 5.75 Å². The highest BCUT2D eigenvalue weighted by Crippen LogP contribution is 2.45. The van der Waals surface area contributed by atoms with Gasteiger partial charge in [-0.2, -0.15) is 8.78 Å². The van der Waals surface area contributed by atoms with Crippen LogP contribution < -0.4 is 15.6 Å². The van der Waals surface area contributed by atoms with Crippen LogP contribution in [-0.4, -0.2) is 34.7 Å². The van der Waals surface area contributed by atoms with Crippen LogP contribution in [0, 0.1) is 98.9 Å². The number of aliphatic imine (C=N–C) groups is 2. The maximum Gasteiger partial charge on any atom is 0.633 e. The standard InChI is InChI=1S/C32H6BF17N6O/c1-3-4-5(11(35)17(41)16(40)10(4)34)28(51-2)53-30-7-9(15(39)21(45)19(43)13(7)37)32-54-31-8-6(12(36)18(42)20(44)14(8)38)29(52-3)55(31)33(56(30)32)57-27-25(49)23(47)22(46)24(48)26(27)50/h1-2H3. The van der Waals surface area contributed by atoms with Crippen LogP contribution in [0.3, 0.4) is 0 Å². The molecule has 292 valence electrons. The zero-order valence-electron chi connectivity index (χ0n) is 27.1. The number of hydrogen-bond donors (Lipinski definition) is 0. The minimum atomic E-state index is -3.14. The molecule has 8 rings (SSSR count). The molecule has 4 heterocycles. The van der Waals surface area contributed by atoms with Gasteiger partial charge < -0.3 is 4.65 Å². The molecule has 4 aromatic carbocycles. The molecule has 0 N–H and O–H groups in total. The Kier molecular flexibility index (Phi) is 8.08. The number of rotatable bonds is 2. The topological polar surface area (TPSA) is 68.5 Å². The summed E-state index contributed by atoms with van der Waals surface area (Å²) in [6, 6.07) is 0. The summed E-state index contributed by atoms with van der Waals surface area (Å²) in [7, 11) is -2.46. The molecule has 0 fully saturated rings. The molecule has 0 saturated heterocycles. The molecule has 2 aromatic heterocycles. The van der Waals surface area contributed by atoms with E-state index in [0.29, 0.717) is 14.0 Å². The summed E-state index contributed by atoms with van der Waals surface area (Å²) >= 11 is 0. The lowest BCUT2D eigenvalue weighted by atomic mass is 9.98. The van der Waals surface area contributed by atoms with Gasteiger partial charge in [-0.05, 0) is 6.92 Å². The molecule has 2 aliphatic rings. The SMILES string of the molecule is CN=C1N=c2c3c(F)c(F)c(F)c(F)c3c3n2B(Oc2c(F)c(F)c(F)c(F)c2F)n2c(c4c(F)c(F)c(F)c(F)c4c2N=3)N=C(C)c2c(F)c(F)c(F)c(F)c21. The summed E-state index contributed by atoms with van der Waals surface area (Å²) in [4.78, 5) is 14.6. The van der Waals surface area contributed by atoms with Gasteiger partial charge in [-0.1, -0.05) is 0 Å². The molecule has 0 aliphatic carbocycles. The van der Waals surface area contributed by atoms with Gasteiger partial charge in [0.25, 0.3) is 0 Å². The minimum absolute atomic E-state index is 0.0213. The molecule has 0 atom stereocenters. The van der Waals surface area contributed by atoms with Gasteiger partial charge in [0.15, 0.2) is 81.4 Å². The highest BCUT2D eigenvalue weighted by atomic mass is 19.2. The van der Waals surface area contributed by atoms with Crippen molar-refractivity contribution in [2.24, 2.45) is 20.0 Å². The summed E-state index contributed by atoms with van der Waals surface area (Å²) in [5, 5.41) is -6.52. The Morgan fingerprint density at radius 2 is 0.789 bits per heavy atom. The third-order valence-corrected chi connectivity index (χ3v) is 8.94. The van der Waals surface area contributed by atoms with E-state index in [1.165, 1.54) is 0 Å². The zero-order valence-corrected chi connectivity index (χ0v) is 27.1. The number of hydrogen-bond acceptors (Lipinski definition) is 4. The number of fused-ring (bicyclic) bond motifs is 7. The average molecular weight is 824 g/mol. The van der Waals surface area contributed by atoms with E-state index in [2.05, 4.69) is 20.0 Å². The maximum atomic E-state index is 15.9. The minimum Gasteiger partial charge on any atom is -0.518 e. The van der Waals surface area contributed by atoms with Gasteiger partial charge in [0.05, 0.1) is 32.8 Å². The Bertz CT molecular complexity index is 3090. The van der Waals surface area contributed by atoms with Crippen LogP contribution >= 0.6 is 0 Å². The summed E-state index contributed by atoms with van der Waals surface area (Å²) in [5.41, 5.74) is -7.34. The van der Waals surface area contributed by atoms with E-state index >= 15 is 35.1 Å². The molecule has 6 aromatic rings.